The van der Waals surface area contributed by atoms with E-state index in [0.717, 1.165) is 172 Å². The molecular weight excluding hydrogens is 1990 g/mol. The Morgan fingerprint density at radius 3 is 0.655 bits per heavy atom. The lowest BCUT2D eigenvalue weighted by molar-refractivity contribution is 0.217. The molecule has 21 unspecified atom stereocenters. The van der Waals surface area contributed by atoms with Gasteiger partial charge in [0, 0.05) is 53.4 Å². The Labute approximate surface area is 832 Å². The Balaban J connectivity index is 0.000000159. The summed E-state index contributed by atoms with van der Waals surface area (Å²) in [5.74, 6) is 2.46. The fourth-order valence-electron chi connectivity index (χ4n) is 23.7. The van der Waals surface area contributed by atoms with Crippen LogP contribution >= 0.6 is 0 Å². The fourth-order valence-corrected chi connectivity index (χ4v) is 92.3. The van der Waals surface area contributed by atoms with Gasteiger partial charge >= 0.3 is 154 Å². The molecule has 17 rings (SSSR count). The summed E-state index contributed by atoms with van der Waals surface area (Å²) in [5, 5.41) is 0. The lowest BCUT2D eigenvalue weighted by atomic mass is 9.88. The number of rotatable bonds is 41. The van der Waals surface area contributed by atoms with Crippen molar-refractivity contribution in [3.8, 4) is 0 Å². The van der Waals surface area contributed by atoms with Gasteiger partial charge in [-0.2, -0.15) is 0 Å². The average Bonchev–Trinajstić information content (AvgIpc) is 1.66. The molecule has 10 saturated heterocycles. The van der Waals surface area contributed by atoms with Gasteiger partial charge in [0.05, 0.1) is 93.5 Å². The van der Waals surface area contributed by atoms with Gasteiger partial charge in [0.2, 0.25) is 0 Å². The molecule has 139 heavy (non-hydrogen) atoms. The highest BCUT2D eigenvalue weighted by atomic mass is 28.5. The first-order valence-corrected chi connectivity index (χ1v) is 84.2. The van der Waals surface area contributed by atoms with Gasteiger partial charge in [0.1, 0.15) is 0 Å². The third-order valence-corrected chi connectivity index (χ3v) is 84.8. The van der Waals surface area contributed by atoms with Crippen molar-refractivity contribution in [1.82, 2.24) is 41.1 Å². The van der Waals surface area contributed by atoms with Gasteiger partial charge in [-0.25, -0.2) is 84.3 Å². The van der Waals surface area contributed by atoms with Gasteiger partial charge in [0.25, 0.3) is 0 Å². The molecule has 14 aliphatic rings. The molecule has 788 valence electrons. The Morgan fingerprint density at radius 1 is 0.237 bits per heavy atom. The largest absolute Gasteiger partial charge is 0.416 e. The summed E-state index contributed by atoms with van der Waals surface area (Å²) in [6.45, 7) is 41.8. The minimum Gasteiger partial charge on any atom is -0.416 e. The first-order chi connectivity index (χ1) is 65.4. The molecular formula is C90H167N9O28Si12. The Hall–Kier alpha value is -2.93. The van der Waals surface area contributed by atoms with E-state index in [1.165, 1.54) is 67.2 Å². The third-order valence-electron chi connectivity index (χ3n) is 30.9. The summed E-state index contributed by atoms with van der Waals surface area (Å²) in [7, 11) is -30.0. The van der Waals surface area contributed by atoms with Gasteiger partial charge in [-0.1, -0.05) is 40.0 Å². The molecule has 37 nitrogen and oxygen atoms in total. The van der Waals surface area contributed by atoms with Crippen LogP contribution < -0.4 is 51.2 Å². The second kappa shape index (κ2) is 44.7. The number of hydrogen-bond acceptors (Lipinski definition) is 28. The molecule has 0 aromatic carbocycles. The summed E-state index contributed by atoms with van der Waals surface area (Å²) in [5.41, 5.74) is -5.06. The smallest absolute Gasteiger partial charge is 0.336 e. The SMILES string of the molecule is CCCCn1c(=O)n(C)c(=O)n(CCC[Si]2(C)O[Si](C)(CCC3CCC4OC4C3)O[Si](C)(C)O[Si](C)(CCC3CCC4OC4C3)O2)c1=O.CCCCn1c(=O)n(C)c(=O)n(CCC[Si]2(C)O[Si](C)(CCC3CO3)O[Si](C)(C)O[Si](C)(CCC3CO3)O2)c1=O.CCCCn1c(=O)n(CCC[Si]2(C)O[Si](C)(CCC3CCC4OC4C3)O[Si](C)(C)O[Si](C)(CCC3CCC4OC4C3)O2)c(=O)n(CC2CO2)c1=O. The van der Waals surface area contributed by atoms with Crippen molar-refractivity contribution in [2.45, 2.75) is 460 Å². The normalized spacial score (nSPS) is 37.6. The zero-order valence-corrected chi connectivity index (χ0v) is 99.1. The van der Waals surface area contributed by atoms with E-state index in [4.69, 9.17) is 82.5 Å². The number of epoxide rings is 7. The van der Waals surface area contributed by atoms with Gasteiger partial charge in [-0.15, -0.1) is 0 Å². The Kier molecular flexibility index (Phi) is 35.4. The summed E-state index contributed by atoms with van der Waals surface area (Å²) in [4.78, 5) is 118. The second-order valence-corrected chi connectivity index (χ2v) is 89.0. The van der Waals surface area contributed by atoms with Crippen LogP contribution in [0.3, 0.4) is 0 Å². The van der Waals surface area contributed by atoms with Crippen LogP contribution in [0.2, 0.25) is 153 Å². The molecule has 3 aromatic rings. The van der Waals surface area contributed by atoms with Gasteiger partial charge in [0.15, 0.2) is 0 Å². The molecule has 0 N–H and O–H groups in total. The van der Waals surface area contributed by atoms with Crippen molar-refractivity contribution in [3.05, 3.63) is 94.4 Å². The van der Waals surface area contributed by atoms with Crippen LogP contribution in [0.4, 0.5) is 0 Å². The third kappa shape index (κ3) is 29.9. The molecule has 0 spiro atoms. The number of nitrogens with zero attached hydrogens (tertiary/aromatic N) is 9. The molecule has 3 aromatic heterocycles. The molecule has 13 heterocycles. The minimum atomic E-state index is -2.97. The molecule has 4 saturated carbocycles. The summed E-state index contributed by atoms with van der Waals surface area (Å²) < 4.78 is 136. The van der Waals surface area contributed by atoms with Gasteiger partial charge in [-0.05, 0) is 330 Å². The molecule has 21 atom stereocenters. The van der Waals surface area contributed by atoms with Gasteiger partial charge in [-0.3, -0.25) is 0 Å². The molecule has 49 heteroatoms. The number of hydrogen-bond donors (Lipinski definition) is 0. The van der Waals surface area contributed by atoms with E-state index in [9.17, 15) is 43.2 Å². The molecule has 0 bridgehead atoms. The number of unbranched alkanes of at least 4 members (excludes halogenated alkanes) is 3. The van der Waals surface area contributed by atoms with E-state index in [2.05, 4.69) is 98.2 Å². The number of ether oxygens (including phenoxy) is 7. The topological polar surface area (TPSA) is 396 Å². The lowest BCUT2D eigenvalue weighted by Crippen LogP contribution is -2.66. The van der Waals surface area contributed by atoms with Crippen LogP contribution in [0, 0.1) is 23.7 Å². The van der Waals surface area contributed by atoms with Crippen LogP contribution in [0.1, 0.15) is 194 Å². The van der Waals surface area contributed by atoms with E-state index >= 15 is 0 Å². The summed E-state index contributed by atoms with van der Waals surface area (Å²) in [6.07, 6.45) is 29.9. The van der Waals surface area contributed by atoms with Crippen molar-refractivity contribution in [2.75, 3.05) is 19.8 Å². The maximum atomic E-state index is 13.6. The van der Waals surface area contributed by atoms with Crippen molar-refractivity contribution in [2.24, 2.45) is 37.8 Å². The van der Waals surface area contributed by atoms with Crippen molar-refractivity contribution in [3.63, 3.8) is 0 Å². The highest BCUT2D eigenvalue weighted by Crippen LogP contribution is 2.50. The maximum absolute atomic E-state index is 13.6. The predicted octanol–water partition coefficient (Wildman–Crippen LogP) is 12.0. The van der Waals surface area contributed by atoms with E-state index < -0.39 is 154 Å². The fraction of sp³-hybridized carbons (Fsp3) is 0.900. The highest BCUT2D eigenvalue weighted by molar-refractivity contribution is 6.96. The molecule has 0 amide bonds. The van der Waals surface area contributed by atoms with Crippen LogP contribution in [-0.2, 0) is 142 Å². The van der Waals surface area contributed by atoms with E-state index in [0.29, 0.717) is 149 Å². The monoisotopic (exact) mass is 2160 g/mol. The minimum absolute atomic E-state index is 0.161. The van der Waals surface area contributed by atoms with E-state index in [1.807, 2.05) is 20.8 Å². The number of aromatic nitrogens is 9. The molecule has 14 fully saturated rings. The number of fused-ring (bicyclic) bond motifs is 4. The molecule has 10 aliphatic heterocycles. The van der Waals surface area contributed by atoms with Crippen molar-refractivity contribution >= 4 is 103 Å². The van der Waals surface area contributed by atoms with Crippen LogP contribution in [0.25, 0.3) is 0 Å². The zero-order valence-electron chi connectivity index (χ0n) is 87.1. The molecule has 4 aliphatic carbocycles. The summed E-state index contributed by atoms with van der Waals surface area (Å²) in [6, 6.07) is 6.84. The van der Waals surface area contributed by atoms with Gasteiger partial charge < -0.3 is 82.5 Å². The first-order valence-electron chi connectivity index (χ1n) is 53.1. The average molecular weight is 2160 g/mol. The second-order valence-electron chi connectivity index (χ2n) is 45.8. The van der Waals surface area contributed by atoms with Crippen molar-refractivity contribution < 1.29 is 82.5 Å². The van der Waals surface area contributed by atoms with Crippen molar-refractivity contribution in [1.29, 1.82) is 0 Å². The van der Waals surface area contributed by atoms with E-state index in [-0.39, 0.29) is 51.0 Å². The zero-order chi connectivity index (χ0) is 100. The van der Waals surface area contributed by atoms with Crippen LogP contribution in [0.5, 0.6) is 0 Å². The van der Waals surface area contributed by atoms with Crippen LogP contribution in [0.15, 0.2) is 43.2 Å². The maximum Gasteiger partial charge on any atom is 0.336 e. The Bertz CT molecular complexity index is 5200. The highest BCUT2D eigenvalue weighted by Gasteiger charge is 2.61. The summed E-state index contributed by atoms with van der Waals surface area (Å²) >= 11 is 0. The first kappa shape index (κ1) is 110. The standard InChI is InChI=1S/C34H61N3O10Si4.C32H59N3O9Si4.C24H47N3O9Si4/c1-7-8-16-35-32(38)36(34(40)37(33(35)39)23-27-24-41-27)17-9-18-49(4)46-50(5,19-14-25-10-12-28-30(21-25)42-28)44-48(2,3)45-51(6,47-49)20-15-26-11-13-29-31(22-26)43-29;1-8-9-17-34-30(36)33(2)31(37)35(32(34)38)18-10-19-46(5)43-47(6,20-15-24-11-13-26-28(22-24)39-26)41-45(3,4)42-48(7,44-46)21-16-25-12-14-27-29(23-25)40-27;1-8-9-13-26-22(28)25(2)23(29)27(24(26)30)14-10-15-38(5)35-39(6,16-11-20-18-31-20)33-37(3,4)34-40(7,36-38)17-12-21-19-32-21/h25-31H,7-24H2,1-6H3;24-29H,8-23H2,1-7H3;20-21H,8-19H2,1-7H3. The quantitative estimate of drug-likeness (QED) is 0.0376. The lowest BCUT2D eigenvalue weighted by Gasteiger charge is -2.50. The Morgan fingerprint density at radius 2 is 0.439 bits per heavy atom. The predicted molar refractivity (Wildman–Crippen MR) is 552 cm³/mol. The van der Waals surface area contributed by atoms with Crippen LogP contribution in [-0.4, -0.2) is 231 Å². The molecule has 0 radical (unpaired) electrons. The van der Waals surface area contributed by atoms with E-state index in [1.54, 1.807) is 0 Å².